The van der Waals surface area contributed by atoms with Crippen LogP contribution in [-0.2, 0) is 0 Å². The Kier molecular flexibility index (Phi) is 6.70. The summed E-state index contributed by atoms with van der Waals surface area (Å²) in [6.45, 7) is 3.66. The molecule has 1 aromatic heterocycles. The fraction of sp³-hybridized carbons (Fsp3) is 0.389. The lowest BCUT2D eigenvalue weighted by Crippen LogP contribution is -2.42. The van der Waals surface area contributed by atoms with Crippen molar-refractivity contribution in [3.05, 3.63) is 46.3 Å². The predicted octanol–water partition coefficient (Wildman–Crippen LogP) is 4.69. The Morgan fingerprint density at radius 3 is 2.42 bits per heavy atom. The molecule has 0 bridgehead atoms. The van der Waals surface area contributed by atoms with Crippen LogP contribution in [-0.4, -0.2) is 29.9 Å². The standard InChI is InChI=1S/C18H21ClN2OS.ClH/c1-12(20)13-8-10-21(11-9-13)18(22)17-7-6-16(23-17)14-2-4-15(19)5-3-14;/h2-7,12-13H,8-11,20H2,1H3;1H. The zero-order chi connectivity index (χ0) is 16.4. The molecule has 1 unspecified atom stereocenters. The van der Waals surface area contributed by atoms with E-state index < -0.39 is 0 Å². The molecule has 24 heavy (non-hydrogen) atoms. The molecule has 1 aliphatic rings. The predicted molar refractivity (Wildman–Crippen MR) is 104 cm³/mol. The van der Waals surface area contributed by atoms with Gasteiger partial charge in [-0.15, -0.1) is 23.7 Å². The number of carbonyl (C=O) groups excluding carboxylic acids is 1. The number of hydrogen-bond donors (Lipinski definition) is 1. The van der Waals surface area contributed by atoms with E-state index in [1.54, 1.807) is 11.3 Å². The molecule has 0 aliphatic carbocycles. The first-order valence-corrected chi connectivity index (χ1v) is 9.14. The third-order valence-electron chi connectivity index (χ3n) is 4.52. The van der Waals surface area contributed by atoms with Gasteiger partial charge in [-0.1, -0.05) is 23.7 Å². The zero-order valence-electron chi connectivity index (χ0n) is 13.6. The first-order valence-electron chi connectivity index (χ1n) is 7.95. The Hall–Kier alpha value is -1.07. The van der Waals surface area contributed by atoms with Gasteiger partial charge in [0.25, 0.3) is 5.91 Å². The molecule has 0 spiro atoms. The molecule has 0 radical (unpaired) electrons. The van der Waals surface area contributed by atoms with Gasteiger partial charge in [0.2, 0.25) is 0 Å². The van der Waals surface area contributed by atoms with Gasteiger partial charge >= 0.3 is 0 Å². The van der Waals surface area contributed by atoms with Gasteiger partial charge in [0, 0.05) is 29.0 Å². The number of nitrogens with two attached hydrogens (primary N) is 1. The normalized spacial score (nSPS) is 16.5. The smallest absolute Gasteiger partial charge is 0.263 e. The summed E-state index contributed by atoms with van der Waals surface area (Å²) in [5, 5.41) is 0.721. The quantitative estimate of drug-likeness (QED) is 0.833. The number of rotatable bonds is 3. The molecule has 2 aromatic rings. The van der Waals surface area contributed by atoms with E-state index in [1.807, 2.05) is 41.3 Å². The monoisotopic (exact) mass is 384 g/mol. The van der Waals surface area contributed by atoms with Crippen LogP contribution in [0.1, 0.15) is 29.4 Å². The number of benzene rings is 1. The van der Waals surface area contributed by atoms with Crippen molar-refractivity contribution in [1.29, 1.82) is 0 Å². The number of amides is 1. The lowest BCUT2D eigenvalue weighted by molar-refractivity contribution is 0.0686. The molecule has 1 atom stereocenters. The summed E-state index contributed by atoms with van der Waals surface area (Å²) in [4.78, 5) is 16.5. The van der Waals surface area contributed by atoms with Crippen molar-refractivity contribution in [3.63, 3.8) is 0 Å². The van der Waals surface area contributed by atoms with Crippen LogP contribution < -0.4 is 5.73 Å². The molecule has 1 amide bonds. The maximum Gasteiger partial charge on any atom is 0.263 e. The summed E-state index contributed by atoms with van der Waals surface area (Å²) in [5.41, 5.74) is 7.06. The lowest BCUT2D eigenvalue weighted by Gasteiger charge is -2.33. The van der Waals surface area contributed by atoms with Crippen LogP contribution in [0.3, 0.4) is 0 Å². The van der Waals surface area contributed by atoms with E-state index in [1.165, 1.54) is 0 Å². The minimum Gasteiger partial charge on any atom is -0.338 e. The van der Waals surface area contributed by atoms with Crippen molar-refractivity contribution < 1.29 is 4.79 Å². The molecule has 3 nitrogen and oxygen atoms in total. The van der Waals surface area contributed by atoms with Crippen molar-refractivity contribution in [3.8, 4) is 10.4 Å². The summed E-state index contributed by atoms with van der Waals surface area (Å²) < 4.78 is 0. The highest BCUT2D eigenvalue weighted by molar-refractivity contribution is 7.17. The minimum atomic E-state index is 0. The van der Waals surface area contributed by atoms with Crippen LogP contribution >= 0.6 is 35.3 Å². The molecule has 130 valence electrons. The topological polar surface area (TPSA) is 46.3 Å². The molecule has 2 heterocycles. The Morgan fingerprint density at radius 1 is 1.21 bits per heavy atom. The van der Waals surface area contributed by atoms with Crippen LogP contribution in [0.25, 0.3) is 10.4 Å². The zero-order valence-corrected chi connectivity index (χ0v) is 16.0. The number of halogens is 2. The molecule has 0 saturated carbocycles. The van der Waals surface area contributed by atoms with E-state index in [9.17, 15) is 4.79 Å². The number of carbonyl (C=O) groups is 1. The van der Waals surface area contributed by atoms with Crippen LogP contribution in [0.4, 0.5) is 0 Å². The highest BCUT2D eigenvalue weighted by atomic mass is 35.5. The average molecular weight is 385 g/mol. The Morgan fingerprint density at radius 2 is 1.83 bits per heavy atom. The summed E-state index contributed by atoms with van der Waals surface area (Å²) in [6.07, 6.45) is 2.00. The molecule has 1 fully saturated rings. The van der Waals surface area contributed by atoms with E-state index in [0.717, 1.165) is 46.3 Å². The fourth-order valence-electron chi connectivity index (χ4n) is 3.01. The second kappa shape index (κ2) is 8.34. The van der Waals surface area contributed by atoms with Gasteiger partial charge in [-0.05, 0) is 55.5 Å². The third-order valence-corrected chi connectivity index (χ3v) is 5.89. The van der Waals surface area contributed by atoms with E-state index >= 15 is 0 Å². The van der Waals surface area contributed by atoms with E-state index in [4.69, 9.17) is 17.3 Å². The largest absolute Gasteiger partial charge is 0.338 e. The number of thiophene rings is 1. The highest BCUT2D eigenvalue weighted by Gasteiger charge is 2.26. The van der Waals surface area contributed by atoms with Gasteiger partial charge in [0.1, 0.15) is 0 Å². The third kappa shape index (κ3) is 4.31. The average Bonchev–Trinajstić information content (AvgIpc) is 3.05. The van der Waals surface area contributed by atoms with Crippen LogP contribution in [0.2, 0.25) is 5.02 Å². The molecule has 1 saturated heterocycles. The molecular weight excluding hydrogens is 363 g/mol. The number of piperidine rings is 1. The van der Waals surface area contributed by atoms with Crippen molar-refractivity contribution in [2.24, 2.45) is 11.7 Å². The number of likely N-dealkylation sites (tertiary alicyclic amines) is 1. The highest BCUT2D eigenvalue weighted by Crippen LogP contribution is 2.30. The van der Waals surface area contributed by atoms with E-state index in [2.05, 4.69) is 6.92 Å². The molecule has 1 aromatic carbocycles. The Balaban J connectivity index is 0.00000208. The molecule has 6 heteroatoms. The SMILES string of the molecule is CC(N)C1CCN(C(=O)c2ccc(-c3ccc(Cl)cc3)s2)CC1.Cl. The van der Waals surface area contributed by atoms with E-state index in [0.29, 0.717) is 5.92 Å². The van der Waals surface area contributed by atoms with Gasteiger partial charge in [-0.3, -0.25) is 4.79 Å². The second-order valence-electron chi connectivity index (χ2n) is 6.16. The molecule has 3 rings (SSSR count). The van der Waals surface area contributed by atoms with E-state index in [-0.39, 0.29) is 24.4 Å². The van der Waals surface area contributed by atoms with Crippen molar-refractivity contribution >= 4 is 41.3 Å². The van der Waals surface area contributed by atoms with Crippen LogP contribution in [0.5, 0.6) is 0 Å². The van der Waals surface area contributed by atoms with Gasteiger partial charge in [-0.25, -0.2) is 0 Å². The fourth-order valence-corrected chi connectivity index (χ4v) is 4.11. The summed E-state index contributed by atoms with van der Waals surface area (Å²) in [6, 6.07) is 11.9. The molecule has 2 N–H and O–H groups in total. The Bertz CT molecular complexity index is 677. The van der Waals surface area contributed by atoms with Crippen molar-refractivity contribution in [2.75, 3.05) is 13.1 Å². The van der Waals surface area contributed by atoms with Gasteiger partial charge < -0.3 is 10.6 Å². The Labute approximate surface area is 158 Å². The maximum absolute atomic E-state index is 12.7. The number of hydrogen-bond acceptors (Lipinski definition) is 3. The lowest BCUT2D eigenvalue weighted by atomic mass is 9.91. The van der Waals surface area contributed by atoms with Gasteiger partial charge in [-0.2, -0.15) is 0 Å². The first kappa shape index (κ1) is 19.3. The molecular formula is C18H22Cl2N2OS. The van der Waals surface area contributed by atoms with Crippen LogP contribution in [0, 0.1) is 5.92 Å². The van der Waals surface area contributed by atoms with Crippen molar-refractivity contribution in [1.82, 2.24) is 4.90 Å². The summed E-state index contributed by atoms with van der Waals surface area (Å²) in [7, 11) is 0. The van der Waals surface area contributed by atoms with Gasteiger partial charge in [0.05, 0.1) is 4.88 Å². The first-order chi connectivity index (χ1) is 11.0. The van der Waals surface area contributed by atoms with Crippen molar-refractivity contribution in [2.45, 2.75) is 25.8 Å². The summed E-state index contributed by atoms with van der Waals surface area (Å²) >= 11 is 7.47. The van der Waals surface area contributed by atoms with Gasteiger partial charge in [0.15, 0.2) is 0 Å². The molecule has 1 aliphatic heterocycles. The second-order valence-corrected chi connectivity index (χ2v) is 7.68. The number of nitrogens with zero attached hydrogens (tertiary/aromatic N) is 1. The summed E-state index contributed by atoms with van der Waals surface area (Å²) in [5.74, 6) is 0.672. The maximum atomic E-state index is 12.7. The van der Waals surface area contributed by atoms with Crippen LogP contribution in [0.15, 0.2) is 36.4 Å². The minimum absolute atomic E-state index is 0.